The van der Waals surface area contributed by atoms with Gasteiger partial charge in [-0.3, -0.25) is 4.98 Å². The van der Waals surface area contributed by atoms with Crippen LogP contribution in [-0.4, -0.2) is 17.5 Å². The van der Waals surface area contributed by atoms with Crippen LogP contribution in [0.2, 0.25) is 5.02 Å². The molecule has 3 N–H and O–H groups in total. The van der Waals surface area contributed by atoms with Crippen LogP contribution >= 0.6 is 11.6 Å². The molecule has 34 heavy (non-hydrogen) atoms. The Balaban J connectivity index is 2.82. The number of allylic oxidation sites excluding steroid dienone is 3. The number of alkyl halides is 4. The van der Waals surface area contributed by atoms with Crippen LogP contribution in [0.4, 0.5) is 17.6 Å². The van der Waals surface area contributed by atoms with Crippen molar-refractivity contribution in [2.24, 2.45) is 5.73 Å². The van der Waals surface area contributed by atoms with Gasteiger partial charge in [0.25, 0.3) is 0 Å². The van der Waals surface area contributed by atoms with Crippen LogP contribution in [0.1, 0.15) is 43.5 Å². The maximum atomic E-state index is 13.7. The minimum Gasteiger partial charge on any atom is -0.428 e. The van der Waals surface area contributed by atoms with Crippen molar-refractivity contribution >= 4 is 11.6 Å². The number of nitrogens with zero attached hydrogens (tertiary/aromatic N) is 1. The summed E-state index contributed by atoms with van der Waals surface area (Å²) < 4.78 is 57.4. The highest BCUT2D eigenvalue weighted by Gasteiger charge is 2.44. The van der Waals surface area contributed by atoms with Gasteiger partial charge in [0.15, 0.2) is 0 Å². The number of aryl methyl sites for hydroxylation is 1. The molecule has 0 bridgehead atoms. The summed E-state index contributed by atoms with van der Waals surface area (Å²) in [5, 5.41) is 3.54. The first kappa shape index (κ1) is 27.2. The zero-order valence-electron chi connectivity index (χ0n) is 19.2. The highest BCUT2D eigenvalue weighted by molar-refractivity contribution is 6.30. The van der Waals surface area contributed by atoms with Crippen molar-refractivity contribution in [1.29, 1.82) is 0 Å². The summed E-state index contributed by atoms with van der Waals surface area (Å²) in [6.45, 7) is 9.25. The molecule has 1 aromatic heterocycles. The van der Waals surface area contributed by atoms with Crippen molar-refractivity contribution in [3.8, 4) is 5.75 Å². The molecule has 0 spiro atoms. The fraction of sp³-hybridized carbons (Fsp3) is 0.320. The maximum Gasteiger partial charge on any atom is 0.461 e. The van der Waals surface area contributed by atoms with Crippen molar-refractivity contribution in [2.45, 2.75) is 51.7 Å². The lowest BCUT2D eigenvalue weighted by molar-refractivity contribution is -0.253. The molecule has 2 rings (SSSR count). The van der Waals surface area contributed by atoms with Crippen LogP contribution in [0.5, 0.6) is 5.75 Å². The monoisotopic (exact) mass is 497 g/mol. The first-order valence-electron chi connectivity index (χ1n) is 10.6. The number of ether oxygens (including phenoxy) is 1. The molecule has 2 aromatic rings. The van der Waals surface area contributed by atoms with Crippen molar-refractivity contribution < 1.29 is 22.3 Å². The molecule has 0 fully saturated rings. The summed E-state index contributed by atoms with van der Waals surface area (Å²) in [7, 11) is 0. The highest BCUT2D eigenvalue weighted by atomic mass is 35.5. The third kappa shape index (κ3) is 6.76. The number of hydrogen-bond donors (Lipinski definition) is 2. The number of pyridine rings is 1. The predicted molar refractivity (Wildman–Crippen MR) is 127 cm³/mol. The Kier molecular flexibility index (Phi) is 9.15. The molecular weight excluding hydrogens is 470 g/mol. The molecule has 0 aliphatic rings. The van der Waals surface area contributed by atoms with Crippen molar-refractivity contribution in [3.05, 3.63) is 94.6 Å². The molecule has 1 aromatic carbocycles. The average Bonchev–Trinajstić information content (AvgIpc) is 2.73. The lowest BCUT2D eigenvalue weighted by Crippen LogP contribution is -2.45. The van der Waals surface area contributed by atoms with Gasteiger partial charge >= 0.3 is 12.5 Å². The van der Waals surface area contributed by atoms with Gasteiger partial charge in [-0.1, -0.05) is 49.4 Å². The molecule has 1 atom stereocenters. The molecule has 0 saturated heterocycles. The van der Waals surface area contributed by atoms with E-state index >= 15 is 0 Å². The largest absolute Gasteiger partial charge is 0.461 e. The summed E-state index contributed by atoms with van der Waals surface area (Å²) in [6.07, 6.45) is -0.404. The highest BCUT2D eigenvalue weighted by Crippen LogP contribution is 2.39. The third-order valence-electron chi connectivity index (χ3n) is 4.91. The summed E-state index contributed by atoms with van der Waals surface area (Å²) in [5.74, 6) is -0.329. The smallest absolute Gasteiger partial charge is 0.428 e. The topological polar surface area (TPSA) is 60.2 Å². The van der Waals surface area contributed by atoms with Gasteiger partial charge in [0.05, 0.1) is 16.5 Å². The number of nitrogens with two attached hydrogens (primary N) is 1. The van der Waals surface area contributed by atoms with Gasteiger partial charge < -0.3 is 15.8 Å². The number of hydrogen-bond acceptors (Lipinski definition) is 4. The van der Waals surface area contributed by atoms with Crippen LogP contribution in [0.3, 0.4) is 0 Å². The molecule has 0 aliphatic carbocycles. The van der Waals surface area contributed by atoms with Gasteiger partial charge in [-0.15, -0.1) is 0 Å². The SMILES string of the molecule is C=C(N)N[C@@](CC(/C=C\C)=C/CC)(c1cc(C)cc(OC(F)(F)C(F)F)c1)c1ccc(Cl)cn1. The lowest BCUT2D eigenvalue weighted by Gasteiger charge is -2.37. The van der Waals surface area contributed by atoms with Crippen LogP contribution in [0.25, 0.3) is 0 Å². The van der Waals surface area contributed by atoms with E-state index in [9.17, 15) is 17.6 Å². The first-order valence-corrected chi connectivity index (χ1v) is 10.9. The van der Waals surface area contributed by atoms with Crippen molar-refractivity contribution in [3.63, 3.8) is 0 Å². The Morgan fingerprint density at radius 2 is 2.00 bits per heavy atom. The Hall–Kier alpha value is -3.00. The summed E-state index contributed by atoms with van der Waals surface area (Å²) in [6, 6.07) is 7.56. The number of rotatable bonds is 11. The molecule has 0 aliphatic heterocycles. The molecule has 0 radical (unpaired) electrons. The lowest BCUT2D eigenvalue weighted by atomic mass is 9.79. The van der Waals surface area contributed by atoms with E-state index in [1.165, 1.54) is 18.3 Å². The summed E-state index contributed by atoms with van der Waals surface area (Å²) in [5.41, 5.74) is 7.06. The number of halogens is 5. The Bertz CT molecular complexity index is 1050. The number of benzene rings is 1. The normalized spacial score (nSPS) is 14.3. The number of aromatic nitrogens is 1. The van der Waals surface area contributed by atoms with E-state index in [0.717, 1.165) is 12.0 Å². The predicted octanol–water partition coefficient (Wildman–Crippen LogP) is 6.85. The van der Waals surface area contributed by atoms with Crippen LogP contribution in [-0.2, 0) is 5.54 Å². The van der Waals surface area contributed by atoms with E-state index in [0.29, 0.717) is 21.8 Å². The van der Waals surface area contributed by atoms with Crippen LogP contribution < -0.4 is 15.8 Å². The zero-order valence-corrected chi connectivity index (χ0v) is 20.0. The fourth-order valence-corrected chi connectivity index (χ4v) is 3.77. The minimum atomic E-state index is -4.66. The van der Waals surface area contributed by atoms with E-state index in [1.54, 1.807) is 25.1 Å². The molecular formula is C25H28ClF4N3O. The van der Waals surface area contributed by atoms with Crippen LogP contribution in [0, 0.1) is 6.92 Å². The second-order valence-electron chi connectivity index (χ2n) is 7.78. The second-order valence-corrected chi connectivity index (χ2v) is 8.22. The fourth-order valence-electron chi connectivity index (χ4n) is 3.66. The van der Waals surface area contributed by atoms with E-state index in [-0.39, 0.29) is 12.2 Å². The molecule has 0 amide bonds. The zero-order chi connectivity index (χ0) is 25.5. The van der Waals surface area contributed by atoms with E-state index < -0.39 is 23.8 Å². The Morgan fingerprint density at radius 1 is 1.29 bits per heavy atom. The summed E-state index contributed by atoms with van der Waals surface area (Å²) >= 11 is 6.05. The second kappa shape index (κ2) is 11.4. The van der Waals surface area contributed by atoms with Crippen molar-refractivity contribution in [1.82, 2.24) is 10.3 Å². The van der Waals surface area contributed by atoms with Gasteiger partial charge in [-0.05, 0) is 61.2 Å². The van der Waals surface area contributed by atoms with Crippen molar-refractivity contribution in [2.75, 3.05) is 0 Å². The van der Waals surface area contributed by atoms with Gasteiger partial charge in [0, 0.05) is 12.6 Å². The van der Waals surface area contributed by atoms with Gasteiger partial charge in [0.1, 0.15) is 11.3 Å². The Labute approximate surface area is 202 Å². The quantitative estimate of drug-likeness (QED) is 0.263. The summed E-state index contributed by atoms with van der Waals surface area (Å²) in [4.78, 5) is 4.46. The molecule has 0 unspecified atom stereocenters. The molecule has 9 heteroatoms. The van der Waals surface area contributed by atoms with Gasteiger partial charge in [-0.2, -0.15) is 17.6 Å². The van der Waals surface area contributed by atoms with Crippen LogP contribution in [0.15, 0.2) is 72.7 Å². The molecule has 1 heterocycles. The van der Waals surface area contributed by atoms with Gasteiger partial charge in [-0.25, -0.2) is 0 Å². The molecule has 184 valence electrons. The Morgan fingerprint density at radius 3 is 2.53 bits per heavy atom. The number of nitrogens with one attached hydrogen (secondary N) is 1. The first-order chi connectivity index (χ1) is 15.9. The maximum absolute atomic E-state index is 13.7. The molecule has 4 nitrogen and oxygen atoms in total. The van der Waals surface area contributed by atoms with Gasteiger partial charge in [0.2, 0.25) is 0 Å². The molecule has 0 saturated carbocycles. The minimum absolute atomic E-state index is 0.0926. The average molecular weight is 498 g/mol. The van der Waals surface area contributed by atoms with E-state index in [1.807, 2.05) is 32.1 Å². The standard InChI is InChI=1S/C25H28ClF4N3O/c1-5-7-18(8-6-2)14-24(33-17(4)31,22-10-9-20(26)15-32-22)19-11-16(3)12-21(13-19)34-25(29,30)23(27)28/h5,7-13,15,23,33H,4,6,14,31H2,1-3H3/b7-5-,18-8+/t24-/m0/s1. The van der Waals surface area contributed by atoms with E-state index in [4.69, 9.17) is 17.3 Å². The van der Waals surface area contributed by atoms with E-state index in [2.05, 4.69) is 21.6 Å². The third-order valence-corrected chi connectivity index (χ3v) is 5.13.